The highest BCUT2D eigenvalue weighted by Gasteiger charge is 2.24. The quantitative estimate of drug-likeness (QED) is 0.758. The first kappa shape index (κ1) is 15.1. The van der Waals surface area contributed by atoms with Crippen LogP contribution in [0.2, 0.25) is 0 Å². The Labute approximate surface area is 139 Å². The number of hydrogen-bond acceptors (Lipinski definition) is 4. The van der Waals surface area contributed by atoms with Crippen molar-refractivity contribution in [3.63, 3.8) is 0 Å². The van der Waals surface area contributed by atoms with E-state index in [0.29, 0.717) is 23.3 Å². The van der Waals surface area contributed by atoms with Gasteiger partial charge < -0.3 is 10.1 Å². The minimum atomic E-state index is -0.314. The number of aromatic nitrogens is 4. The van der Waals surface area contributed by atoms with Gasteiger partial charge >= 0.3 is 0 Å². The molecule has 0 aliphatic heterocycles. The first-order valence-electron chi connectivity index (χ1n) is 8.35. The molecule has 2 N–H and O–H groups in total. The van der Waals surface area contributed by atoms with Gasteiger partial charge in [-0.15, -0.1) is 0 Å². The third kappa shape index (κ3) is 2.53. The summed E-state index contributed by atoms with van der Waals surface area (Å²) in [7, 11) is 0. The van der Waals surface area contributed by atoms with Gasteiger partial charge in [-0.25, -0.2) is 9.67 Å². The lowest BCUT2D eigenvalue weighted by Crippen LogP contribution is -2.22. The van der Waals surface area contributed by atoms with Gasteiger partial charge in [0.1, 0.15) is 11.2 Å². The van der Waals surface area contributed by atoms with Crippen molar-refractivity contribution in [3.8, 4) is 5.69 Å². The number of para-hydroxylation sites is 1. The smallest absolute Gasteiger partial charge is 0.262 e. The van der Waals surface area contributed by atoms with Crippen LogP contribution in [0.3, 0.4) is 0 Å². The van der Waals surface area contributed by atoms with Crippen LogP contribution in [0.4, 0.5) is 0 Å². The van der Waals surface area contributed by atoms with E-state index in [9.17, 15) is 9.90 Å². The first-order chi connectivity index (χ1) is 11.6. The Kier molecular flexibility index (Phi) is 3.69. The summed E-state index contributed by atoms with van der Waals surface area (Å²) >= 11 is 0. The van der Waals surface area contributed by atoms with Gasteiger partial charge in [0.2, 0.25) is 0 Å². The SMILES string of the molecule is Cc1ccccc1-n1ncc2c(=O)[nH]c(C3CCCC(O)C3)nc21. The van der Waals surface area contributed by atoms with Crippen LogP contribution < -0.4 is 5.56 Å². The molecule has 124 valence electrons. The van der Waals surface area contributed by atoms with Crippen LogP contribution in [0.1, 0.15) is 43.0 Å². The van der Waals surface area contributed by atoms with Crippen molar-refractivity contribution in [1.82, 2.24) is 19.7 Å². The molecule has 1 fully saturated rings. The molecule has 0 spiro atoms. The molecule has 4 rings (SSSR count). The molecule has 1 aromatic carbocycles. The second kappa shape index (κ2) is 5.87. The molecule has 0 amide bonds. The van der Waals surface area contributed by atoms with E-state index >= 15 is 0 Å². The molecule has 6 nitrogen and oxygen atoms in total. The van der Waals surface area contributed by atoms with E-state index in [-0.39, 0.29) is 17.6 Å². The molecule has 1 aliphatic carbocycles. The third-order valence-corrected chi connectivity index (χ3v) is 4.83. The van der Waals surface area contributed by atoms with Crippen molar-refractivity contribution in [2.75, 3.05) is 0 Å². The number of aromatic amines is 1. The number of aryl methyl sites for hydroxylation is 1. The highest BCUT2D eigenvalue weighted by molar-refractivity contribution is 5.75. The van der Waals surface area contributed by atoms with E-state index in [4.69, 9.17) is 4.98 Å². The van der Waals surface area contributed by atoms with Gasteiger partial charge in [0.25, 0.3) is 5.56 Å². The molecule has 3 aromatic rings. The maximum Gasteiger partial charge on any atom is 0.262 e. The Hall–Kier alpha value is -2.47. The molecule has 2 aromatic heterocycles. The van der Waals surface area contributed by atoms with Gasteiger partial charge in [-0.3, -0.25) is 4.79 Å². The summed E-state index contributed by atoms with van der Waals surface area (Å²) in [6.07, 6.45) is 4.60. The van der Waals surface area contributed by atoms with Crippen LogP contribution in [-0.2, 0) is 0 Å². The summed E-state index contributed by atoms with van der Waals surface area (Å²) in [5.74, 6) is 0.743. The summed E-state index contributed by atoms with van der Waals surface area (Å²) in [6.45, 7) is 2.01. The second-order valence-electron chi connectivity index (χ2n) is 6.55. The lowest BCUT2D eigenvalue weighted by molar-refractivity contribution is 0.118. The van der Waals surface area contributed by atoms with Crippen LogP contribution in [-0.4, -0.2) is 31.0 Å². The molecule has 0 saturated heterocycles. The van der Waals surface area contributed by atoms with E-state index in [1.807, 2.05) is 31.2 Å². The zero-order valence-corrected chi connectivity index (χ0v) is 13.6. The van der Waals surface area contributed by atoms with Gasteiger partial charge in [0, 0.05) is 5.92 Å². The number of hydrogen-bond donors (Lipinski definition) is 2. The Morgan fingerprint density at radius 2 is 2.12 bits per heavy atom. The van der Waals surface area contributed by atoms with Crippen molar-refractivity contribution in [2.45, 2.75) is 44.6 Å². The topological polar surface area (TPSA) is 83.8 Å². The zero-order valence-electron chi connectivity index (χ0n) is 13.6. The van der Waals surface area contributed by atoms with Gasteiger partial charge in [-0.2, -0.15) is 5.10 Å². The fraction of sp³-hybridized carbons (Fsp3) is 0.389. The van der Waals surface area contributed by atoms with Crippen molar-refractivity contribution >= 4 is 11.0 Å². The molecular formula is C18H20N4O2. The fourth-order valence-corrected chi connectivity index (χ4v) is 3.52. The lowest BCUT2D eigenvalue weighted by atomic mass is 9.87. The third-order valence-electron chi connectivity index (χ3n) is 4.83. The highest BCUT2D eigenvalue weighted by Crippen LogP contribution is 2.31. The van der Waals surface area contributed by atoms with Crippen molar-refractivity contribution in [1.29, 1.82) is 0 Å². The number of aliphatic hydroxyl groups excluding tert-OH is 1. The molecular weight excluding hydrogens is 304 g/mol. The summed E-state index contributed by atoms with van der Waals surface area (Å²) in [4.78, 5) is 20.0. The standard InChI is InChI=1S/C18H20N4O2/c1-11-5-2-3-8-15(11)22-17-14(10-19-22)18(24)21-16(20-17)12-6-4-7-13(23)9-12/h2-3,5,8,10,12-13,23H,4,6-7,9H2,1H3,(H,20,21,24). The molecule has 2 unspecified atom stereocenters. The van der Waals surface area contributed by atoms with E-state index in [0.717, 1.165) is 30.5 Å². The predicted octanol–water partition coefficient (Wildman–Crippen LogP) is 2.44. The van der Waals surface area contributed by atoms with Crippen molar-refractivity contribution in [3.05, 3.63) is 52.2 Å². The molecule has 6 heteroatoms. The van der Waals surface area contributed by atoms with Crippen LogP contribution in [0.25, 0.3) is 16.7 Å². The maximum atomic E-state index is 12.4. The maximum absolute atomic E-state index is 12.4. The van der Waals surface area contributed by atoms with Crippen LogP contribution in [0.5, 0.6) is 0 Å². The largest absolute Gasteiger partial charge is 0.393 e. The van der Waals surface area contributed by atoms with Gasteiger partial charge in [0.05, 0.1) is 18.0 Å². The lowest BCUT2D eigenvalue weighted by Gasteiger charge is -2.24. The summed E-state index contributed by atoms with van der Waals surface area (Å²) in [5.41, 5.74) is 2.39. The number of nitrogens with one attached hydrogen (secondary N) is 1. The van der Waals surface area contributed by atoms with Crippen molar-refractivity contribution < 1.29 is 5.11 Å². The monoisotopic (exact) mass is 324 g/mol. The highest BCUT2D eigenvalue weighted by atomic mass is 16.3. The molecule has 2 atom stereocenters. The molecule has 1 saturated carbocycles. The van der Waals surface area contributed by atoms with E-state index in [1.165, 1.54) is 0 Å². The van der Waals surface area contributed by atoms with E-state index < -0.39 is 0 Å². The van der Waals surface area contributed by atoms with Crippen molar-refractivity contribution in [2.24, 2.45) is 0 Å². The van der Waals surface area contributed by atoms with Gasteiger partial charge in [0.15, 0.2) is 5.65 Å². The molecule has 0 bridgehead atoms. The normalized spacial score (nSPS) is 21.2. The minimum Gasteiger partial charge on any atom is -0.393 e. The minimum absolute atomic E-state index is 0.0890. The summed E-state index contributed by atoms with van der Waals surface area (Å²) in [5, 5.41) is 14.8. The van der Waals surface area contributed by atoms with Gasteiger partial charge in [-0.1, -0.05) is 24.6 Å². The van der Waals surface area contributed by atoms with Crippen LogP contribution >= 0.6 is 0 Å². The predicted molar refractivity (Wildman–Crippen MR) is 91.4 cm³/mol. The zero-order chi connectivity index (χ0) is 16.7. The number of rotatable bonds is 2. The van der Waals surface area contributed by atoms with Crippen LogP contribution in [0.15, 0.2) is 35.3 Å². The number of fused-ring (bicyclic) bond motifs is 1. The summed E-state index contributed by atoms with van der Waals surface area (Å²) in [6, 6.07) is 7.89. The molecule has 2 heterocycles. The molecule has 24 heavy (non-hydrogen) atoms. The van der Waals surface area contributed by atoms with Crippen LogP contribution in [0, 0.1) is 6.92 Å². The summed E-state index contributed by atoms with van der Waals surface area (Å²) < 4.78 is 1.72. The average Bonchev–Trinajstić information content (AvgIpc) is 3.00. The number of H-pyrrole nitrogens is 1. The van der Waals surface area contributed by atoms with E-state index in [2.05, 4.69) is 10.1 Å². The second-order valence-corrected chi connectivity index (χ2v) is 6.55. The fourth-order valence-electron chi connectivity index (χ4n) is 3.52. The number of aliphatic hydroxyl groups is 1. The molecule has 1 aliphatic rings. The number of nitrogens with zero attached hydrogens (tertiary/aromatic N) is 3. The van der Waals surface area contributed by atoms with Gasteiger partial charge in [-0.05, 0) is 37.8 Å². The van der Waals surface area contributed by atoms with E-state index in [1.54, 1.807) is 10.9 Å². The Morgan fingerprint density at radius 1 is 1.29 bits per heavy atom. The number of benzene rings is 1. The Bertz CT molecular complexity index is 944. The average molecular weight is 324 g/mol. The Morgan fingerprint density at radius 3 is 2.92 bits per heavy atom. The molecule has 0 radical (unpaired) electrons. The first-order valence-corrected chi connectivity index (χ1v) is 8.35. The Balaban J connectivity index is 1.86.